The number of aryl methyl sites for hydroxylation is 1. The highest BCUT2D eigenvalue weighted by molar-refractivity contribution is 7.92. The molecule has 0 aliphatic heterocycles. The molecule has 0 N–H and O–H groups in total. The molecule has 27 heavy (non-hydrogen) atoms. The number of sulfonamides is 1. The first-order valence-corrected chi connectivity index (χ1v) is 10.2. The molecule has 2 aromatic rings. The molecule has 0 unspecified atom stereocenters. The molecule has 0 heterocycles. The monoisotopic (exact) mass is 431 g/mol. The number of halogens is 2. The van der Waals surface area contributed by atoms with E-state index in [-0.39, 0.29) is 22.2 Å². The third kappa shape index (κ3) is 4.86. The van der Waals surface area contributed by atoms with Crippen LogP contribution in [0.25, 0.3) is 0 Å². The normalized spacial score (nSPS) is 11.1. The van der Waals surface area contributed by atoms with E-state index >= 15 is 0 Å². The zero-order chi connectivity index (χ0) is 20.2. The van der Waals surface area contributed by atoms with Crippen LogP contribution in [0.1, 0.15) is 12.5 Å². The number of anilines is 1. The summed E-state index contributed by atoms with van der Waals surface area (Å²) in [6.07, 6.45) is 0. The molecule has 0 bridgehead atoms. The fourth-order valence-corrected chi connectivity index (χ4v) is 4.39. The SMILES string of the molecule is CCOC(=O)CN(c1cc(Cl)ccc1C)S(=O)(=O)c1ccc(OC)c(Cl)c1. The largest absolute Gasteiger partial charge is 0.495 e. The smallest absolute Gasteiger partial charge is 0.326 e. The lowest BCUT2D eigenvalue weighted by atomic mass is 10.2. The number of methoxy groups -OCH3 is 1. The molecular weight excluding hydrogens is 413 g/mol. The Kier molecular flexibility index (Phi) is 6.97. The van der Waals surface area contributed by atoms with Crippen molar-refractivity contribution in [3.8, 4) is 5.75 Å². The van der Waals surface area contributed by atoms with Gasteiger partial charge in [0.25, 0.3) is 10.0 Å². The van der Waals surface area contributed by atoms with Crippen molar-refractivity contribution in [2.75, 3.05) is 24.6 Å². The minimum Gasteiger partial charge on any atom is -0.495 e. The van der Waals surface area contributed by atoms with Crippen LogP contribution < -0.4 is 9.04 Å². The average molecular weight is 432 g/mol. The van der Waals surface area contributed by atoms with Gasteiger partial charge in [-0.15, -0.1) is 0 Å². The number of nitrogens with zero attached hydrogens (tertiary/aromatic N) is 1. The Balaban J connectivity index is 2.59. The summed E-state index contributed by atoms with van der Waals surface area (Å²) in [6, 6.07) is 8.87. The second kappa shape index (κ2) is 8.82. The van der Waals surface area contributed by atoms with Crippen LogP contribution in [0.5, 0.6) is 5.75 Å². The fourth-order valence-electron chi connectivity index (χ4n) is 2.41. The molecule has 0 spiro atoms. The Morgan fingerprint density at radius 1 is 1.15 bits per heavy atom. The van der Waals surface area contributed by atoms with E-state index in [1.807, 2.05) is 0 Å². The van der Waals surface area contributed by atoms with Gasteiger partial charge in [0.1, 0.15) is 12.3 Å². The highest BCUT2D eigenvalue weighted by Crippen LogP contribution is 2.32. The van der Waals surface area contributed by atoms with Gasteiger partial charge >= 0.3 is 5.97 Å². The maximum absolute atomic E-state index is 13.3. The Labute approximate surface area is 168 Å². The molecule has 0 aliphatic rings. The summed E-state index contributed by atoms with van der Waals surface area (Å²) in [5.41, 5.74) is 0.911. The van der Waals surface area contributed by atoms with Gasteiger partial charge in [-0.1, -0.05) is 29.3 Å². The first-order valence-electron chi connectivity index (χ1n) is 7.98. The number of ether oxygens (including phenoxy) is 2. The molecule has 6 nitrogen and oxygen atoms in total. The second-order valence-corrected chi connectivity index (χ2v) is 8.25. The third-order valence-corrected chi connectivity index (χ3v) is 6.02. The van der Waals surface area contributed by atoms with Crippen LogP contribution in [0.4, 0.5) is 5.69 Å². The molecule has 0 radical (unpaired) electrons. The van der Waals surface area contributed by atoms with Crippen molar-refractivity contribution >= 4 is 44.9 Å². The van der Waals surface area contributed by atoms with Crippen molar-refractivity contribution in [3.05, 3.63) is 52.0 Å². The zero-order valence-electron chi connectivity index (χ0n) is 15.0. The summed E-state index contributed by atoms with van der Waals surface area (Å²) in [6.45, 7) is 3.00. The number of hydrogen-bond acceptors (Lipinski definition) is 5. The average Bonchev–Trinajstić information content (AvgIpc) is 2.62. The maximum Gasteiger partial charge on any atom is 0.326 e. The highest BCUT2D eigenvalue weighted by atomic mass is 35.5. The maximum atomic E-state index is 13.3. The molecule has 146 valence electrons. The Bertz CT molecular complexity index is 947. The quantitative estimate of drug-likeness (QED) is 0.617. The van der Waals surface area contributed by atoms with Crippen molar-refractivity contribution < 1.29 is 22.7 Å². The molecule has 0 aliphatic carbocycles. The van der Waals surface area contributed by atoms with Gasteiger partial charge in [-0.3, -0.25) is 9.10 Å². The van der Waals surface area contributed by atoms with Crippen molar-refractivity contribution in [2.24, 2.45) is 0 Å². The predicted octanol–water partition coefficient (Wildman–Crippen LogP) is 4.07. The standard InChI is InChI=1S/C18H19Cl2NO5S/c1-4-26-18(22)11-21(16-9-13(19)6-5-12(16)2)27(23,24)14-7-8-17(25-3)15(20)10-14/h5-10H,4,11H2,1-3H3. The lowest BCUT2D eigenvalue weighted by Gasteiger charge is -2.25. The minimum atomic E-state index is -4.12. The lowest BCUT2D eigenvalue weighted by molar-refractivity contribution is -0.141. The van der Waals surface area contributed by atoms with Gasteiger partial charge in [-0.05, 0) is 49.7 Å². The molecule has 2 rings (SSSR count). The van der Waals surface area contributed by atoms with Crippen LogP contribution in [-0.4, -0.2) is 34.6 Å². The molecule has 0 fully saturated rings. The van der Waals surface area contributed by atoms with Gasteiger partial charge in [-0.25, -0.2) is 8.42 Å². The van der Waals surface area contributed by atoms with E-state index in [9.17, 15) is 13.2 Å². The van der Waals surface area contributed by atoms with E-state index in [1.54, 1.807) is 26.0 Å². The molecule has 0 atom stereocenters. The van der Waals surface area contributed by atoms with E-state index in [1.165, 1.54) is 31.4 Å². The Morgan fingerprint density at radius 2 is 1.85 bits per heavy atom. The zero-order valence-corrected chi connectivity index (χ0v) is 17.4. The van der Waals surface area contributed by atoms with Gasteiger partial charge in [0.15, 0.2) is 0 Å². The summed E-state index contributed by atoms with van der Waals surface area (Å²) in [7, 11) is -2.69. The molecule has 0 saturated carbocycles. The molecule has 9 heteroatoms. The van der Waals surface area contributed by atoms with Crippen molar-refractivity contribution in [3.63, 3.8) is 0 Å². The van der Waals surface area contributed by atoms with Gasteiger partial charge in [-0.2, -0.15) is 0 Å². The van der Waals surface area contributed by atoms with Gasteiger partial charge in [0.2, 0.25) is 0 Å². The number of esters is 1. The van der Waals surface area contributed by atoms with Crippen molar-refractivity contribution in [2.45, 2.75) is 18.7 Å². The van der Waals surface area contributed by atoms with Crippen LogP contribution in [0, 0.1) is 6.92 Å². The van der Waals surface area contributed by atoms with Crippen LogP contribution in [0.15, 0.2) is 41.3 Å². The van der Waals surface area contributed by atoms with Crippen LogP contribution in [-0.2, 0) is 19.6 Å². The number of rotatable bonds is 7. The summed E-state index contributed by atoms with van der Waals surface area (Å²) in [5.74, 6) is -0.341. The molecular formula is C18H19Cl2NO5S. The first-order chi connectivity index (χ1) is 12.7. The van der Waals surface area contributed by atoms with E-state index in [0.29, 0.717) is 16.3 Å². The van der Waals surface area contributed by atoms with E-state index in [0.717, 1.165) is 4.31 Å². The first kappa shape index (κ1) is 21.3. The van der Waals surface area contributed by atoms with E-state index < -0.39 is 22.5 Å². The van der Waals surface area contributed by atoms with Crippen LogP contribution in [0.3, 0.4) is 0 Å². The predicted molar refractivity (Wildman–Crippen MR) is 105 cm³/mol. The minimum absolute atomic E-state index is 0.0861. The molecule has 0 amide bonds. The highest BCUT2D eigenvalue weighted by Gasteiger charge is 2.29. The van der Waals surface area contributed by atoms with Gasteiger partial charge in [0, 0.05) is 5.02 Å². The Hall–Kier alpha value is -1.96. The summed E-state index contributed by atoms with van der Waals surface area (Å²) in [4.78, 5) is 12.0. The molecule has 2 aromatic carbocycles. The van der Waals surface area contributed by atoms with Crippen molar-refractivity contribution in [1.82, 2.24) is 0 Å². The molecule has 0 aromatic heterocycles. The number of carbonyl (C=O) groups is 1. The second-order valence-electron chi connectivity index (χ2n) is 5.54. The molecule has 0 saturated heterocycles. The summed E-state index contributed by atoms with van der Waals surface area (Å²) >= 11 is 12.1. The summed E-state index contributed by atoms with van der Waals surface area (Å²) < 4.78 is 37.5. The topological polar surface area (TPSA) is 72.9 Å². The van der Waals surface area contributed by atoms with Crippen molar-refractivity contribution in [1.29, 1.82) is 0 Å². The fraction of sp³-hybridized carbons (Fsp3) is 0.278. The van der Waals surface area contributed by atoms with E-state index in [4.69, 9.17) is 32.7 Å². The van der Waals surface area contributed by atoms with Crippen LogP contribution in [0.2, 0.25) is 10.0 Å². The third-order valence-electron chi connectivity index (χ3n) is 3.73. The van der Waals surface area contributed by atoms with E-state index in [2.05, 4.69) is 0 Å². The number of carbonyl (C=O) groups excluding carboxylic acids is 1. The summed E-state index contributed by atoms with van der Waals surface area (Å²) in [5, 5.41) is 0.477. The number of hydrogen-bond donors (Lipinski definition) is 0. The van der Waals surface area contributed by atoms with Gasteiger partial charge in [0.05, 0.1) is 29.3 Å². The number of benzene rings is 2. The lowest BCUT2D eigenvalue weighted by Crippen LogP contribution is -2.37. The van der Waals surface area contributed by atoms with Crippen LogP contribution >= 0.6 is 23.2 Å². The Morgan fingerprint density at radius 3 is 2.44 bits per heavy atom. The van der Waals surface area contributed by atoms with Gasteiger partial charge < -0.3 is 9.47 Å².